The quantitative estimate of drug-likeness (QED) is 0.320. The summed E-state index contributed by atoms with van der Waals surface area (Å²) in [6.07, 6.45) is 2.80. The van der Waals surface area contributed by atoms with Crippen molar-refractivity contribution >= 4 is 51.6 Å². The van der Waals surface area contributed by atoms with E-state index in [0.717, 1.165) is 42.2 Å². The number of anilines is 1. The fourth-order valence-corrected chi connectivity index (χ4v) is 3.94. The largest absolute Gasteiger partial charge is 0.468 e. The number of benzene rings is 1. The maximum absolute atomic E-state index is 5.58. The van der Waals surface area contributed by atoms with Gasteiger partial charge < -0.3 is 20.0 Å². The lowest BCUT2D eigenvalue weighted by Crippen LogP contribution is -2.46. The Hall–Kier alpha value is -1.26. The van der Waals surface area contributed by atoms with E-state index in [9.17, 15) is 0 Å². The van der Waals surface area contributed by atoms with E-state index >= 15 is 0 Å². The number of para-hydroxylation sites is 1. The number of guanidine groups is 1. The third-order valence-corrected chi connectivity index (χ3v) is 5.57. The van der Waals surface area contributed by atoms with Crippen molar-refractivity contribution in [3.8, 4) is 0 Å². The summed E-state index contributed by atoms with van der Waals surface area (Å²) in [5.41, 5.74) is 1.25. The van der Waals surface area contributed by atoms with Crippen LogP contribution < -0.4 is 15.5 Å². The minimum Gasteiger partial charge on any atom is -0.468 e. The molecule has 2 atom stereocenters. The molecule has 154 valence electrons. The van der Waals surface area contributed by atoms with E-state index in [1.54, 1.807) is 6.26 Å². The van der Waals surface area contributed by atoms with Crippen LogP contribution in [0.25, 0.3) is 0 Å². The van der Waals surface area contributed by atoms with Crippen molar-refractivity contribution in [3.63, 3.8) is 0 Å². The molecule has 8 heteroatoms. The summed E-state index contributed by atoms with van der Waals surface area (Å²) in [5.74, 6) is 1.77. The Morgan fingerprint density at radius 2 is 2.11 bits per heavy atom. The number of nitrogens with one attached hydrogen (secondary N) is 2. The van der Waals surface area contributed by atoms with Gasteiger partial charge in [-0.3, -0.25) is 9.89 Å². The van der Waals surface area contributed by atoms with E-state index in [2.05, 4.69) is 73.7 Å². The van der Waals surface area contributed by atoms with Gasteiger partial charge >= 0.3 is 0 Å². The molecule has 2 aromatic rings. The Kier molecular flexibility index (Phi) is 9.10. The Balaban J connectivity index is 0.00000280. The minimum atomic E-state index is 0. The maximum Gasteiger partial charge on any atom is 0.191 e. The predicted molar refractivity (Wildman–Crippen MR) is 130 cm³/mol. The Labute approximate surface area is 192 Å². The second-order valence-electron chi connectivity index (χ2n) is 6.98. The van der Waals surface area contributed by atoms with Crippen LogP contribution in [0.2, 0.25) is 0 Å². The zero-order chi connectivity index (χ0) is 19.2. The smallest absolute Gasteiger partial charge is 0.191 e. The van der Waals surface area contributed by atoms with Gasteiger partial charge in [0.25, 0.3) is 0 Å². The number of nitrogens with zero attached hydrogens (tertiary/aromatic N) is 3. The van der Waals surface area contributed by atoms with Gasteiger partial charge in [0.15, 0.2) is 5.96 Å². The molecule has 0 amide bonds. The Morgan fingerprint density at radius 3 is 2.75 bits per heavy atom. The SMILES string of the molecule is CN=C(NCC(c1ccco1)N(C)C)NC1CCN(c2ccccc2Br)C1.I. The number of furan rings is 1. The molecule has 1 aromatic carbocycles. The van der Waals surface area contributed by atoms with Gasteiger partial charge in [-0.1, -0.05) is 12.1 Å². The molecule has 0 radical (unpaired) electrons. The molecule has 2 N–H and O–H groups in total. The summed E-state index contributed by atoms with van der Waals surface area (Å²) in [6, 6.07) is 12.8. The molecule has 3 rings (SSSR count). The first-order valence-corrected chi connectivity index (χ1v) is 10.0. The lowest BCUT2D eigenvalue weighted by molar-refractivity contribution is 0.258. The van der Waals surface area contributed by atoms with Gasteiger partial charge in [0.2, 0.25) is 0 Å². The van der Waals surface area contributed by atoms with Crippen molar-refractivity contribution in [2.75, 3.05) is 45.7 Å². The number of likely N-dealkylation sites (N-methyl/N-ethyl adjacent to an activating group) is 1. The summed E-state index contributed by atoms with van der Waals surface area (Å²) in [6.45, 7) is 2.71. The lowest BCUT2D eigenvalue weighted by atomic mass is 10.2. The minimum absolute atomic E-state index is 0. The van der Waals surface area contributed by atoms with Crippen LogP contribution in [-0.2, 0) is 0 Å². The molecule has 1 fully saturated rings. The summed E-state index contributed by atoms with van der Waals surface area (Å²) in [4.78, 5) is 8.94. The van der Waals surface area contributed by atoms with Crippen LogP contribution in [0.5, 0.6) is 0 Å². The summed E-state index contributed by atoms with van der Waals surface area (Å²) >= 11 is 3.65. The molecule has 6 nitrogen and oxygen atoms in total. The molecule has 1 aliphatic heterocycles. The fourth-order valence-electron chi connectivity index (χ4n) is 3.40. The first kappa shape index (κ1) is 23.0. The summed E-state index contributed by atoms with van der Waals surface area (Å²) in [7, 11) is 5.92. The van der Waals surface area contributed by atoms with E-state index in [4.69, 9.17) is 4.42 Å². The van der Waals surface area contributed by atoms with Gasteiger partial charge in [0.1, 0.15) is 5.76 Å². The highest BCUT2D eigenvalue weighted by Gasteiger charge is 2.25. The molecule has 0 aliphatic carbocycles. The van der Waals surface area contributed by atoms with Gasteiger partial charge in [-0.2, -0.15) is 0 Å². The number of aliphatic imine (C=N–C) groups is 1. The topological polar surface area (TPSA) is 56.0 Å². The maximum atomic E-state index is 5.58. The lowest BCUT2D eigenvalue weighted by Gasteiger charge is -2.25. The summed E-state index contributed by atoms with van der Waals surface area (Å²) in [5, 5.41) is 7.00. The zero-order valence-electron chi connectivity index (χ0n) is 16.6. The van der Waals surface area contributed by atoms with Gasteiger partial charge in [0.05, 0.1) is 18.0 Å². The van der Waals surface area contributed by atoms with E-state index < -0.39 is 0 Å². The molecule has 0 bridgehead atoms. The van der Waals surface area contributed by atoms with Crippen LogP contribution in [0.1, 0.15) is 18.2 Å². The molecule has 28 heavy (non-hydrogen) atoms. The van der Waals surface area contributed by atoms with Crippen LogP contribution >= 0.6 is 39.9 Å². The first-order chi connectivity index (χ1) is 13.1. The average Bonchev–Trinajstić information content (AvgIpc) is 3.33. The number of rotatable bonds is 6. The Morgan fingerprint density at radius 1 is 1.32 bits per heavy atom. The standard InChI is InChI=1S/C20H28BrN5O.HI/c1-22-20(23-13-18(25(2)3)19-9-6-12-27-19)24-15-10-11-26(14-15)17-8-5-4-7-16(17)21;/h4-9,12,15,18H,10-11,13-14H2,1-3H3,(H2,22,23,24);1H. The van der Waals surface area contributed by atoms with Crippen LogP contribution in [0.3, 0.4) is 0 Å². The van der Waals surface area contributed by atoms with Crippen molar-refractivity contribution < 1.29 is 4.42 Å². The second kappa shape index (κ2) is 11.1. The molecule has 0 spiro atoms. The monoisotopic (exact) mass is 561 g/mol. The molecule has 2 unspecified atom stereocenters. The van der Waals surface area contributed by atoms with Crippen molar-refractivity contribution in [2.24, 2.45) is 4.99 Å². The normalized spacial score (nSPS) is 18.1. The van der Waals surface area contributed by atoms with E-state index in [0.29, 0.717) is 6.04 Å². The zero-order valence-corrected chi connectivity index (χ0v) is 20.5. The van der Waals surface area contributed by atoms with Crippen LogP contribution in [-0.4, -0.2) is 57.7 Å². The fraction of sp³-hybridized carbons (Fsp3) is 0.450. The van der Waals surface area contributed by atoms with Gasteiger partial charge in [-0.05, 0) is 60.7 Å². The van der Waals surface area contributed by atoms with E-state index in [1.807, 2.05) is 25.2 Å². The van der Waals surface area contributed by atoms with Crippen LogP contribution in [0.15, 0.2) is 56.5 Å². The van der Waals surface area contributed by atoms with Gasteiger partial charge in [-0.25, -0.2) is 0 Å². The number of halogens is 2. The third-order valence-electron chi connectivity index (χ3n) is 4.90. The molecule has 1 aliphatic rings. The van der Waals surface area contributed by atoms with Crippen molar-refractivity contribution in [1.29, 1.82) is 0 Å². The number of hydrogen-bond acceptors (Lipinski definition) is 4. The average molecular weight is 562 g/mol. The van der Waals surface area contributed by atoms with E-state index in [1.165, 1.54) is 5.69 Å². The highest BCUT2D eigenvalue weighted by Crippen LogP contribution is 2.28. The van der Waals surface area contributed by atoms with Crippen molar-refractivity contribution in [3.05, 3.63) is 52.9 Å². The van der Waals surface area contributed by atoms with Gasteiger partial charge in [0, 0.05) is 37.2 Å². The van der Waals surface area contributed by atoms with Crippen molar-refractivity contribution in [1.82, 2.24) is 15.5 Å². The van der Waals surface area contributed by atoms with Crippen LogP contribution in [0.4, 0.5) is 5.69 Å². The second-order valence-corrected chi connectivity index (χ2v) is 7.83. The van der Waals surface area contributed by atoms with Gasteiger partial charge in [-0.15, -0.1) is 24.0 Å². The highest BCUT2D eigenvalue weighted by atomic mass is 127. The highest BCUT2D eigenvalue weighted by molar-refractivity contribution is 14.0. The molecule has 1 saturated heterocycles. The molecular formula is C20H29BrIN5O. The Bertz CT molecular complexity index is 753. The molecular weight excluding hydrogens is 533 g/mol. The summed E-state index contributed by atoms with van der Waals surface area (Å²) < 4.78 is 6.72. The molecule has 1 aromatic heterocycles. The molecule has 2 heterocycles. The van der Waals surface area contributed by atoms with Crippen molar-refractivity contribution in [2.45, 2.75) is 18.5 Å². The predicted octanol–water partition coefficient (Wildman–Crippen LogP) is 3.71. The first-order valence-electron chi connectivity index (χ1n) is 9.25. The van der Waals surface area contributed by atoms with Crippen LogP contribution in [0, 0.1) is 0 Å². The molecule has 0 saturated carbocycles. The number of hydrogen-bond donors (Lipinski definition) is 2. The third kappa shape index (κ3) is 5.87. The van der Waals surface area contributed by atoms with E-state index in [-0.39, 0.29) is 30.0 Å².